The summed E-state index contributed by atoms with van der Waals surface area (Å²) < 4.78 is 13.1. The van der Waals surface area contributed by atoms with E-state index in [9.17, 15) is 9.18 Å². The van der Waals surface area contributed by atoms with Crippen molar-refractivity contribution < 1.29 is 4.39 Å². The van der Waals surface area contributed by atoms with Crippen molar-refractivity contribution in [2.75, 3.05) is 38.1 Å². The van der Waals surface area contributed by atoms with Gasteiger partial charge in [-0.1, -0.05) is 0 Å². The smallest absolute Gasteiger partial charge is 0.288 e. The van der Waals surface area contributed by atoms with Crippen LogP contribution in [0.2, 0.25) is 0 Å². The minimum Gasteiger partial charge on any atom is -0.340 e. The number of aromatic amines is 1. The van der Waals surface area contributed by atoms with E-state index in [0.29, 0.717) is 5.95 Å². The van der Waals surface area contributed by atoms with Crippen LogP contribution in [0.25, 0.3) is 0 Å². The first kappa shape index (κ1) is 11.1. The Labute approximate surface area is 92.9 Å². The minimum atomic E-state index is -0.794. The monoisotopic (exact) mass is 226 g/mol. The highest BCUT2D eigenvalue weighted by molar-refractivity contribution is 5.31. The van der Waals surface area contributed by atoms with Crippen molar-refractivity contribution in [1.29, 1.82) is 0 Å². The van der Waals surface area contributed by atoms with Crippen molar-refractivity contribution in [2.45, 2.75) is 6.92 Å². The molecule has 0 spiro atoms. The van der Waals surface area contributed by atoms with Crippen molar-refractivity contribution in [2.24, 2.45) is 0 Å². The maximum Gasteiger partial charge on any atom is 0.288 e. The summed E-state index contributed by atoms with van der Waals surface area (Å²) in [4.78, 5) is 22.0. The highest BCUT2D eigenvalue weighted by Crippen LogP contribution is 2.09. The predicted octanol–water partition coefficient (Wildman–Crippen LogP) is -0.0308. The van der Waals surface area contributed by atoms with E-state index in [-0.39, 0.29) is 5.69 Å². The summed E-state index contributed by atoms with van der Waals surface area (Å²) in [7, 11) is 2.05. The van der Waals surface area contributed by atoms with Gasteiger partial charge in [-0.25, -0.2) is 4.98 Å². The largest absolute Gasteiger partial charge is 0.340 e. The Hall–Kier alpha value is -1.43. The highest BCUT2D eigenvalue weighted by atomic mass is 19.1. The topological polar surface area (TPSA) is 52.2 Å². The Morgan fingerprint density at radius 3 is 2.50 bits per heavy atom. The molecule has 16 heavy (non-hydrogen) atoms. The van der Waals surface area contributed by atoms with Crippen LogP contribution in [0.15, 0.2) is 4.79 Å². The first-order chi connectivity index (χ1) is 7.58. The lowest BCUT2D eigenvalue weighted by molar-refractivity contribution is 0.311. The molecule has 1 fully saturated rings. The average Bonchev–Trinajstić information content (AvgIpc) is 2.26. The SMILES string of the molecule is Cc1nc(N2CCN(C)CC2)[nH]c(=O)c1F. The second-order valence-electron chi connectivity index (χ2n) is 4.08. The third-order valence-corrected chi connectivity index (χ3v) is 2.82. The molecule has 5 nitrogen and oxygen atoms in total. The minimum absolute atomic E-state index is 0.151. The molecule has 2 rings (SSSR count). The molecule has 0 bridgehead atoms. The van der Waals surface area contributed by atoms with Gasteiger partial charge in [0.1, 0.15) is 0 Å². The number of rotatable bonds is 1. The van der Waals surface area contributed by atoms with E-state index in [0.717, 1.165) is 26.2 Å². The second kappa shape index (κ2) is 4.21. The lowest BCUT2D eigenvalue weighted by atomic mass is 10.3. The van der Waals surface area contributed by atoms with Gasteiger partial charge in [0.05, 0.1) is 5.69 Å². The molecule has 6 heteroatoms. The van der Waals surface area contributed by atoms with E-state index in [1.54, 1.807) is 0 Å². The van der Waals surface area contributed by atoms with Gasteiger partial charge in [0.15, 0.2) is 0 Å². The second-order valence-corrected chi connectivity index (χ2v) is 4.08. The first-order valence-electron chi connectivity index (χ1n) is 5.28. The van der Waals surface area contributed by atoms with Crippen molar-refractivity contribution in [3.8, 4) is 0 Å². The van der Waals surface area contributed by atoms with Crippen LogP contribution in [0.3, 0.4) is 0 Å². The summed E-state index contributed by atoms with van der Waals surface area (Å²) >= 11 is 0. The fraction of sp³-hybridized carbons (Fsp3) is 0.600. The van der Waals surface area contributed by atoms with Crippen LogP contribution < -0.4 is 10.5 Å². The summed E-state index contributed by atoms with van der Waals surface area (Å²) in [5.74, 6) is -0.324. The zero-order valence-electron chi connectivity index (χ0n) is 9.46. The fourth-order valence-electron chi connectivity index (χ4n) is 1.72. The molecule has 0 unspecified atom stereocenters. The quantitative estimate of drug-likeness (QED) is 0.730. The summed E-state index contributed by atoms with van der Waals surface area (Å²) in [6.45, 7) is 4.93. The van der Waals surface area contributed by atoms with Gasteiger partial charge in [-0.3, -0.25) is 9.78 Å². The molecule has 1 aromatic rings. The number of halogens is 1. The fourth-order valence-corrected chi connectivity index (χ4v) is 1.72. The number of aromatic nitrogens is 2. The summed E-state index contributed by atoms with van der Waals surface area (Å²) in [6.07, 6.45) is 0. The van der Waals surface area contributed by atoms with Crippen molar-refractivity contribution in [3.63, 3.8) is 0 Å². The van der Waals surface area contributed by atoms with Gasteiger partial charge in [-0.05, 0) is 14.0 Å². The third kappa shape index (κ3) is 2.06. The molecule has 0 aliphatic carbocycles. The maximum atomic E-state index is 13.1. The number of hydrogen-bond donors (Lipinski definition) is 1. The van der Waals surface area contributed by atoms with Gasteiger partial charge < -0.3 is 9.80 Å². The Morgan fingerprint density at radius 1 is 1.31 bits per heavy atom. The van der Waals surface area contributed by atoms with Gasteiger partial charge in [0.2, 0.25) is 11.8 Å². The first-order valence-corrected chi connectivity index (χ1v) is 5.28. The molecule has 1 aliphatic rings. The Morgan fingerprint density at radius 2 is 1.94 bits per heavy atom. The molecule has 0 atom stereocenters. The molecule has 0 radical (unpaired) electrons. The van der Waals surface area contributed by atoms with Crippen LogP contribution in [0.5, 0.6) is 0 Å². The van der Waals surface area contributed by atoms with Gasteiger partial charge in [0, 0.05) is 26.2 Å². The summed E-state index contributed by atoms with van der Waals surface area (Å²) in [5.41, 5.74) is -0.542. The molecule has 1 aromatic heterocycles. The van der Waals surface area contributed by atoms with Crippen molar-refractivity contribution in [1.82, 2.24) is 14.9 Å². The van der Waals surface area contributed by atoms with Crippen LogP contribution in [-0.4, -0.2) is 48.1 Å². The van der Waals surface area contributed by atoms with E-state index >= 15 is 0 Å². The Bertz CT molecular complexity index is 437. The number of piperazine rings is 1. The molecule has 1 aliphatic heterocycles. The van der Waals surface area contributed by atoms with E-state index in [1.807, 2.05) is 11.9 Å². The number of nitrogens with zero attached hydrogens (tertiary/aromatic N) is 3. The van der Waals surface area contributed by atoms with Gasteiger partial charge in [-0.2, -0.15) is 4.39 Å². The van der Waals surface area contributed by atoms with E-state index in [1.165, 1.54) is 6.92 Å². The zero-order valence-corrected chi connectivity index (χ0v) is 9.46. The normalized spacial score (nSPS) is 17.8. The molecular weight excluding hydrogens is 211 g/mol. The van der Waals surface area contributed by atoms with Crippen LogP contribution in [0, 0.1) is 12.7 Å². The Balaban J connectivity index is 2.24. The van der Waals surface area contributed by atoms with Crippen molar-refractivity contribution in [3.05, 3.63) is 21.9 Å². The third-order valence-electron chi connectivity index (χ3n) is 2.82. The highest BCUT2D eigenvalue weighted by Gasteiger charge is 2.17. The van der Waals surface area contributed by atoms with Crippen LogP contribution in [0.1, 0.15) is 5.69 Å². The molecule has 2 heterocycles. The van der Waals surface area contributed by atoms with Crippen molar-refractivity contribution >= 4 is 5.95 Å². The van der Waals surface area contributed by atoms with Gasteiger partial charge >= 0.3 is 0 Å². The molecule has 0 aromatic carbocycles. The lowest BCUT2D eigenvalue weighted by Gasteiger charge is -2.32. The number of aryl methyl sites for hydroxylation is 1. The van der Waals surface area contributed by atoms with Crippen LogP contribution in [-0.2, 0) is 0 Å². The number of likely N-dealkylation sites (N-methyl/N-ethyl adjacent to an activating group) is 1. The standard InChI is InChI=1S/C10H15FN4O/c1-7-8(11)9(16)13-10(12-7)15-5-3-14(2)4-6-15/h3-6H2,1-2H3,(H,12,13,16). The average molecular weight is 226 g/mol. The predicted molar refractivity (Wildman–Crippen MR) is 59.3 cm³/mol. The Kier molecular flexibility index (Phi) is 2.91. The molecule has 1 N–H and O–H groups in total. The summed E-state index contributed by atoms with van der Waals surface area (Å²) in [5, 5.41) is 0. The molecular formula is C10H15FN4O. The summed E-state index contributed by atoms with van der Waals surface area (Å²) in [6, 6.07) is 0. The lowest BCUT2D eigenvalue weighted by Crippen LogP contribution is -2.45. The molecule has 88 valence electrons. The number of hydrogen-bond acceptors (Lipinski definition) is 4. The number of nitrogens with one attached hydrogen (secondary N) is 1. The van der Waals surface area contributed by atoms with Gasteiger partial charge in [-0.15, -0.1) is 0 Å². The van der Waals surface area contributed by atoms with Crippen LogP contribution >= 0.6 is 0 Å². The van der Waals surface area contributed by atoms with Crippen LogP contribution in [0.4, 0.5) is 10.3 Å². The maximum absolute atomic E-state index is 13.1. The van der Waals surface area contributed by atoms with E-state index < -0.39 is 11.4 Å². The number of H-pyrrole nitrogens is 1. The van der Waals surface area contributed by atoms with Gasteiger partial charge in [0.25, 0.3) is 5.56 Å². The van der Waals surface area contributed by atoms with E-state index in [4.69, 9.17) is 0 Å². The van der Waals surface area contributed by atoms with E-state index in [2.05, 4.69) is 14.9 Å². The molecule has 1 saturated heterocycles. The zero-order chi connectivity index (χ0) is 11.7. The molecule has 0 amide bonds. The number of anilines is 1. The molecule has 0 saturated carbocycles.